The van der Waals surface area contributed by atoms with E-state index in [0.29, 0.717) is 10.8 Å². The maximum Gasteiger partial charge on any atom is 0.119 e. The van der Waals surface area contributed by atoms with E-state index in [0.717, 1.165) is 24.3 Å². The molecular formula is C14H20ClN5. The second-order valence-electron chi connectivity index (χ2n) is 4.57. The molecule has 20 heavy (non-hydrogen) atoms. The Balaban J connectivity index is 0.000000178. The van der Waals surface area contributed by atoms with E-state index in [-0.39, 0.29) is 0 Å². The number of anilines is 1. The average Bonchev–Trinajstić information content (AvgIpc) is 2.71. The summed E-state index contributed by atoms with van der Waals surface area (Å²) >= 11 is 5.75. The van der Waals surface area contributed by atoms with Gasteiger partial charge in [-0.1, -0.05) is 23.7 Å². The second-order valence-corrected chi connectivity index (χ2v) is 5.01. The van der Waals surface area contributed by atoms with Crippen LogP contribution in [-0.2, 0) is 0 Å². The number of aromatic nitrogens is 2. The number of H-pyrrole nitrogens is 1. The van der Waals surface area contributed by atoms with E-state index in [1.807, 2.05) is 24.3 Å². The topological polar surface area (TPSA) is 78.8 Å². The van der Waals surface area contributed by atoms with Crippen molar-refractivity contribution < 1.29 is 0 Å². The van der Waals surface area contributed by atoms with E-state index in [9.17, 15) is 0 Å². The molecule has 5 N–H and O–H groups in total. The number of nitrogens with two attached hydrogens (primary N) is 1. The fourth-order valence-electron chi connectivity index (χ4n) is 1.87. The van der Waals surface area contributed by atoms with Gasteiger partial charge in [0.1, 0.15) is 5.82 Å². The molecule has 0 bridgehead atoms. The zero-order chi connectivity index (χ0) is 14.2. The minimum Gasteiger partial charge on any atom is -0.384 e. The van der Waals surface area contributed by atoms with Gasteiger partial charge in [-0.05, 0) is 31.6 Å². The molecule has 2 aromatic rings. The third-order valence-corrected chi connectivity index (χ3v) is 3.18. The Morgan fingerprint density at radius 1 is 1.00 bits per heavy atom. The largest absolute Gasteiger partial charge is 0.384 e. The van der Waals surface area contributed by atoms with Crippen LogP contribution >= 0.6 is 11.6 Å². The van der Waals surface area contributed by atoms with Crippen LogP contribution in [0.3, 0.4) is 0 Å². The first-order valence-corrected chi connectivity index (χ1v) is 7.12. The normalized spacial score (nSPS) is 15.1. The van der Waals surface area contributed by atoms with Gasteiger partial charge in [0, 0.05) is 29.7 Å². The van der Waals surface area contributed by atoms with Gasteiger partial charge >= 0.3 is 0 Å². The van der Waals surface area contributed by atoms with Gasteiger partial charge in [0.05, 0.1) is 5.69 Å². The molecule has 0 amide bonds. The van der Waals surface area contributed by atoms with Crippen LogP contribution in [0.5, 0.6) is 0 Å². The van der Waals surface area contributed by atoms with Gasteiger partial charge in [-0.25, -0.2) is 0 Å². The van der Waals surface area contributed by atoms with E-state index in [4.69, 9.17) is 17.3 Å². The first-order valence-electron chi connectivity index (χ1n) is 6.74. The van der Waals surface area contributed by atoms with Crippen LogP contribution < -0.4 is 16.4 Å². The summed E-state index contributed by atoms with van der Waals surface area (Å²) in [7, 11) is 0. The number of hydrogen-bond donors (Lipinski definition) is 4. The Kier molecular flexibility index (Phi) is 5.86. The molecule has 0 radical (unpaired) electrons. The summed E-state index contributed by atoms with van der Waals surface area (Å²) in [5.41, 5.74) is 7.33. The van der Waals surface area contributed by atoms with Crippen molar-refractivity contribution in [3.05, 3.63) is 35.4 Å². The molecular weight excluding hydrogens is 274 g/mol. The smallest absolute Gasteiger partial charge is 0.119 e. The average molecular weight is 294 g/mol. The lowest BCUT2D eigenvalue weighted by molar-refractivity contribution is 0.718. The fourth-order valence-corrected chi connectivity index (χ4v) is 2.00. The highest BCUT2D eigenvalue weighted by Gasteiger charge is 2.00. The van der Waals surface area contributed by atoms with Crippen LogP contribution in [-0.4, -0.2) is 36.4 Å². The van der Waals surface area contributed by atoms with E-state index in [1.54, 1.807) is 6.07 Å². The Bertz CT molecular complexity index is 489. The van der Waals surface area contributed by atoms with Gasteiger partial charge in [-0.3, -0.25) is 5.10 Å². The van der Waals surface area contributed by atoms with E-state index in [1.165, 1.54) is 19.5 Å². The summed E-state index contributed by atoms with van der Waals surface area (Å²) in [6.07, 6.45) is 1.28. The molecule has 108 valence electrons. The molecule has 1 aliphatic heterocycles. The summed E-state index contributed by atoms with van der Waals surface area (Å²) in [5.74, 6) is 0.560. The molecule has 1 saturated heterocycles. The Morgan fingerprint density at radius 3 is 2.20 bits per heavy atom. The molecule has 1 aliphatic rings. The first kappa shape index (κ1) is 14.8. The molecule has 0 unspecified atom stereocenters. The predicted molar refractivity (Wildman–Crippen MR) is 83.8 cm³/mol. The van der Waals surface area contributed by atoms with Crippen molar-refractivity contribution in [3.63, 3.8) is 0 Å². The third-order valence-electron chi connectivity index (χ3n) is 2.92. The second kappa shape index (κ2) is 7.89. The molecule has 6 heteroatoms. The Morgan fingerprint density at radius 2 is 1.65 bits per heavy atom. The van der Waals surface area contributed by atoms with Crippen molar-refractivity contribution in [1.82, 2.24) is 20.8 Å². The Hall–Kier alpha value is -1.56. The molecule has 3 rings (SSSR count). The van der Waals surface area contributed by atoms with Gasteiger partial charge in [-0.2, -0.15) is 5.10 Å². The first-order chi connectivity index (χ1) is 9.75. The van der Waals surface area contributed by atoms with Gasteiger partial charge in [-0.15, -0.1) is 0 Å². The summed E-state index contributed by atoms with van der Waals surface area (Å²) in [4.78, 5) is 0. The van der Waals surface area contributed by atoms with Crippen LogP contribution in [0, 0.1) is 0 Å². The predicted octanol–water partition coefficient (Wildman–Crippen LogP) is 1.88. The molecule has 2 heterocycles. The van der Waals surface area contributed by atoms with Crippen molar-refractivity contribution in [2.45, 2.75) is 6.42 Å². The minimum atomic E-state index is 0.560. The van der Waals surface area contributed by atoms with Crippen molar-refractivity contribution in [1.29, 1.82) is 0 Å². The lowest BCUT2D eigenvalue weighted by Gasteiger charge is -1.94. The number of hydrogen-bond acceptors (Lipinski definition) is 4. The zero-order valence-corrected chi connectivity index (χ0v) is 12.1. The maximum atomic E-state index is 5.75. The van der Waals surface area contributed by atoms with E-state index in [2.05, 4.69) is 20.8 Å². The molecule has 5 nitrogen and oxygen atoms in total. The van der Waals surface area contributed by atoms with Crippen LogP contribution in [0.25, 0.3) is 11.3 Å². The lowest BCUT2D eigenvalue weighted by Crippen LogP contribution is -2.21. The van der Waals surface area contributed by atoms with Gasteiger partial charge in [0.25, 0.3) is 0 Å². The highest BCUT2D eigenvalue weighted by Crippen LogP contribution is 2.20. The number of nitrogens with one attached hydrogen (secondary N) is 3. The number of nitrogens with zero attached hydrogens (tertiary/aromatic N) is 1. The van der Waals surface area contributed by atoms with Crippen molar-refractivity contribution in [2.75, 3.05) is 31.9 Å². The van der Waals surface area contributed by atoms with Gasteiger partial charge in [0.2, 0.25) is 0 Å². The van der Waals surface area contributed by atoms with Crippen LogP contribution in [0.4, 0.5) is 5.82 Å². The van der Waals surface area contributed by atoms with Crippen molar-refractivity contribution in [2.24, 2.45) is 0 Å². The summed E-state index contributed by atoms with van der Waals surface area (Å²) < 4.78 is 0. The highest BCUT2D eigenvalue weighted by molar-refractivity contribution is 6.30. The van der Waals surface area contributed by atoms with Crippen LogP contribution in [0.1, 0.15) is 6.42 Å². The Labute approximate surface area is 123 Å². The number of aromatic amines is 1. The van der Waals surface area contributed by atoms with E-state index < -0.39 is 0 Å². The van der Waals surface area contributed by atoms with E-state index >= 15 is 0 Å². The fraction of sp³-hybridized carbons (Fsp3) is 0.357. The molecule has 0 aliphatic carbocycles. The SMILES string of the molecule is C1CNCCNC1.Nc1cc(-c2ccc(Cl)cc2)n[nH]1. The minimum absolute atomic E-state index is 0.560. The van der Waals surface area contributed by atoms with Crippen LogP contribution in [0.2, 0.25) is 5.02 Å². The molecule has 0 atom stereocenters. The van der Waals surface area contributed by atoms with Gasteiger partial charge in [0.15, 0.2) is 0 Å². The molecule has 1 fully saturated rings. The monoisotopic (exact) mass is 293 g/mol. The molecule has 1 aromatic carbocycles. The number of rotatable bonds is 1. The molecule has 0 saturated carbocycles. The third kappa shape index (κ3) is 4.85. The quantitative estimate of drug-likeness (QED) is 0.647. The summed E-state index contributed by atoms with van der Waals surface area (Å²) in [6, 6.07) is 9.22. The maximum absolute atomic E-state index is 5.75. The molecule has 1 aromatic heterocycles. The zero-order valence-electron chi connectivity index (χ0n) is 11.3. The summed E-state index contributed by atoms with van der Waals surface area (Å²) in [6.45, 7) is 4.65. The number of benzene rings is 1. The lowest BCUT2D eigenvalue weighted by atomic mass is 10.1. The standard InChI is InChI=1S/C9H8ClN3.C5H12N2/c10-7-3-1-6(2-4-7)8-5-9(11)13-12-8;1-2-6-4-5-7-3-1/h1-5H,(H3,11,12,13);6-7H,1-5H2. The van der Waals surface area contributed by atoms with Gasteiger partial charge < -0.3 is 16.4 Å². The number of nitrogen functional groups attached to an aromatic ring is 1. The number of halogens is 1. The van der Waals surface area contributed by atoms with Crippen LogP contribution in [0.15, 0.2) is 30.3 Å². The highest BCUT2D eigenvalue weighted by atomic mass is 35.5. The molecule has 0 spiro atoms. The van der Waals surface area contributed by atoms with Crippen molar-refractivity contribution in [3.8, 4) is 11.3 Å². The van der Waals surface area contributed by atoms with Crippen molar-refractivity contribution >= 4 is 17.4 Å². The summed E-state index contributed by atoms with van der Waals surface area (Å²) in [5, 5.41) is 14.0.